The Bertz CT molecular complexity index is 550. The van der Waals surface area contributed by atoms with Crippen molar-refractivity contribution in [2.45, 2.75) is 20.3 Å². The van der Waals surface area contributed by atoms with Crippen molar-refractivity contribution in [3.8, 4) is 0 Å². The van der Waals surface area contributed by atoms with Crippen LogP contribution in [0.1, 0.15) is 20.3 Å². The van der Waals surface area contributed by atoms with Gasteiger partial charge in [0, 0.05) is 18.9 Å². The minimum atomic E-state index is 0.504. The van der Waals surface area contributed by atoms with E-state index in [-0.39, 0.29) is 0 Å². The number of anilines is 1. The molecule has 4 heteroatoms. The molecule has 0 saturated heterocycles. The highest BCUT2D eigenvalue weighted by Gasteiger charge is 2.44. The van der Waals surface area contributed by atoms with Gasteiger partial charge in [0.25, 0.3) is 0 Å². The molecule has 0 aliphatic heterocycles. The number of rotatable bonds is 3. The summed E-state index contributed by atoms with van der Waals surface area (Å²) >= 11 is 0. The molecule has 0 amide bonds. The summed E-state index contributed by atoms with van der Waals surface area (Å²) in [6, 6.07) is 3.92. The third-order valence-corrected chi connectivity index (χ3v) is 3.58. The minimum absolute atomic E-state index is 0.504. The number of hydrogen-bond acceptors (Lipinski definition) is 4. The summed E-state index contributed by atoms with van der Waals surface area (Å²) in [6.45, 7) is 5.60. The summed E-state index contributed by atoms with van der Waals surface area (Å²) in [5.41, 5.74) is 2.04. The highest BCUT2D eigenvalue weighted by atomic mass is 15.0. The van der Waals surface area contributed by atoms with Crippen molar-refractivity contribution in [2.75, 3.05) is 11.9 Å². The Kier molecular flexibility index (Phi) is 2.24. The first kappa shape index (κ1) is 10.4. The fraction of sp³-hybridized carbons (Fsp3) is 0.462. The third kappa shape index (κ3) is 2.07. The lowest BCUT2D eigenvalue weighted by Gasteiger charge is -2.07. The van der Waals surface area contributed by atoms with Crippen LogP contribution in [0.25, 0.3) is 11.2 Å². The summed E-state index contributed by atoms with van der Waals surface area (Å²) < 4.78 is 0. The summed E-state index contributed by atoms with van der Waals surface area (Å²) in [7, 11) is 0. The molecule has 88 valence electrons. The van der Waals surface area contributed by atoms with Crippen molar-refractivity contribution in [1.82, 2.24) is 15.0 Å². The van der Waals surface area contributed by atoms with E-state index in [2.05, 4.69) is 34.1 Å². The van der Waals surface area contributed by atoms with Gasteiger partial charge in [0.1, 0.15) is 11.3 Å². The Labute approximate surface area is 101 Å². The maximum Gasteiger partial charge on any atom is 0.180 e. The molecule has 17 heavy (non-hydrogen) atoms. The van der Waals surface area contributed by atoms with Gasteiger partial charge in [0.15, 0.2) is 5.65 Å². The zero-order chi connectivity index (χ0) is 11.9. The smallest absolute Gasteiger partial charge is 0.180 e. The molecule has 1 unspecified atom stereocenters. The van der Waals surface area contributed by atoms with Crippen LogP contribution in [0.2, 0.25) is 0 Å². The fourth-order valence-electron chi connectivity index (χ4n) is 2.11. The number of hydrogen-bond donors (Lipinski definition) is 1. The summed E-state index contributed by atoms with van der Waals surface area (Å²) in [4.78, 5) is 12.8. The Morgan fingerprint density at radius 2 is 2.06 bits per heavy atom. The standard InChI is InChI=1S/C13H16N4/c1-13(2)7-9(13)8-16-11-4-3-10-12(17-11)15-6-5-14-10/h3-6,9H,7-8H2,1-2H3,(H,15,16,17). The molecular formula is C13H16N4. The minimum Gasteiger partial charge on any atom is -0.370 e. The first-order chi connectivity index (χ1) is 8.15. The molecule has 2 aromatic heterocycles. The van der Waals surface area contributed by atoms with Gasteiger partial charge in [-0.15, -0.1) is 0 Å². The second-order valence-electron chi connectivity index (χ2n) is 5.37. The van der Waals surface area contributed by atoms with Crippen molar-refractivity contribution in [3.05, 3.63) is 24.5 Å². The molecule has 1 aliphatic carbocycles. The molecular weight excluding hydrogens is 212 g/mol. The van der Waals surface area contributed by atoms with E-state index in [0.717, 1.165) is 23.8 Å². The van der Waals surface area contributed by atoms with E-state index in [9.17, 15) is 0 Å². The Balaban J connectivity index is 1.73. The van der Waals surface area contributed by atoms with Crippen LogP contribution in [0.3, 0.4) is 0 Å². The van der Waals surface area contributed by atoms with Crippen molar-refractivity contribution in [2.24, 2.45) is 11.3 Å². The fourth-order valence-corrected chi connectivity index (χ4v) is 2.11. The van der Waals surface area contributed by atoms with Gasteiger partial charge < -0.3 is 5.32 Å². The third-order valence-electron chi connectivity index (χ3n) is 3.58. The molecule has 1 atom stereocenters. The van der Waals surface area contributed by atoms with Crippen LogP contribution in [0.5, 0.6) is 0 Å². The van der Waals surface area contributed by atoms with E-state index in [0.29, 0.717) is 11.1 Å². The molecule has 0 spiro atoms. The second-order valence-corrected chi connectivity index (χ2v) is 5.37. The van der Waals surface area contributed by atoms with Gasteiger partial charge in [-0.1, -0.05) is 13.8 Å². The number of nitrogens with one attached hydrogen (secondary N) is 1. The van der Waals surface area contributed by atoms with Crippen LogP contribution in [0.15, 0.2) is 24.5 Å². The van der Waals surface area contributed by atoms with Crippen LogP contribution in [-0.4, -0.2) is 21.5 Å². The topological polar surface area (TPSA) is 50.7 Å². The SMILES string of the molecule is CC1(C)CC1CNc1ccc2nccnc2n1. The number of fused-ring (bicyclic) bond motifs is 1. The Hall–Kier alpha value is -1.71. The van der Waals surface area contributed by atoms with Crippen LogP contribution in [0, 0.1) is 11.3 Å². The van der Waals surface area contributed by atoms with Gasteiger partial charge in [0.2, 0.25) is 0 Å². The lowest BCUT2D eigenvalue weighted by atomic mass is 10.1. The highest BCUT2D eigenvalue weighted by Crippen LogP contribution is 2.51. The average molecular weight is 228 g/mol. The van der Waals surface area contributed by atoms with Crippen LogP contribution >= 0.6 is 0 Å². The molecule has 1 N–H and O–H groups in total. The van der Waals surface area contributed by atoms with E-state index in [4.69, 9.17) is 0 Å². The molecule has 4 nitrogen and oxygen atoms in total. The predicted molar refractivity (Wildman–Crippen MR) is 67.7 cm³/mol. The monoisotopic (exact) mass is 228 g/mol. The quantitative estimate of drug-likeness (QED) is 0.876. The van der Waals surface area contributed by atoms with Gasteiger partial charge in [-0.25, -0.2) is 9.97 Å². The number of nitrogens with zero attached hydrogens (tertiary/aromatic N) is 3. The molecule has 1 saturated carbocycles. The van der Waals surface area contributed by atoms with E-state index < -0.39 is 0 Å². The van der Waals surface area contributed by atoms with Crippen LogP contribution in [0.4, 0.5) is 5.82 Å². The summed E-state index contributed by atoms with van der Waals surface area (Å²) in [5, 5.41) is 3.38. The molecule has 0 bridgehead atoms. The summed E-state index contributed by atoms with van der Waals surface area (Å²) in [5.74, 6) is 1.66. The second kappa shape index (κ2) is 3.65. The van der Waals surface area contributed by atoms with Crippen molar-refractivity contribution >= 4 is 17.0 Å². The Morgan fingerprint density at radius 3 is 2.82 bits per heavy atom. The normalized spacial score (nSPS) is 21.4. The largest absolute Gasteiger partial charge is 0.370 e. The van der Waals surface area contributed by atoms with Gasteiger partial charge in [-0.3, -0.25) is 4.98 Å². The lowest BCUT2D eigenvalue weighted by molar-refractivity contribution is 0.573. The zero-order valence-electron chi connectivity index (χ0n) is 10.1. The molecule has 1 fully saturated rings. The molecule has 2 aromatic rings. The molecule has 0 aromatic carbocycles. The van der Waals surface area contributed by atoms with E-state index in [1.165, 1.54) is 6.42 Å². The zero-order valence-corrected chi connectivity index (χ0v) is 10.1. The van der Waals surface area contributed by atoms with Gasteiger partial charge in [0.05, 0.1) is 0 Å². The van der Waals surface area contributed by atoms with Crippen LogP contribution < -0.4 is 5.32 Å². The molecule has 2 heterocycles. The van der Waals surface area contributed by atoms with Gasteiger partial charge in [-0.2, -0.15) is 0 Å². The van der Waals surface area contributed by atoms with Gasteiger partial charge >= 0.3 is 0 Å². The number of pyridine rings is 1. The van der Waals surface area contributed by atoms with Crippen LogP contribution in [-0.2, 0) is 0 Å². The van der Waals surface area contributed by atoms with E-state index in [1.54, 1.807) is 12.4 Å². The Morgan fingerprint density at radius 1 is 1.29 bits per heavy atom. The molecule has 3 rings (SSSR count). The predicted octanol–water partition coefficient (Wildman–Crippen LogP) is 2.48. The van der Waals surface area contributed by atoms with Gasteiger partial charge in [-0.05, 0) is 29.9 Å². The summed E-state index contributed by atoms with van der Waals surface area (Å²) in [6.07, 6.45) is 4.65. The average Bonchev–Trinajstić information content (AvgIpc) is 2.94. The lowest BCUT2D eigenvalue weighted by Crippen LogP contribution is -2.08. The van der Waals surface area contributed by atoms with Crippen molar-refractivity contribution < 1.29 is 0 Å². The highest BCUT2D eigenvalue weighted by molar-refractivity contribution is 5.71. The molecule has 1 aliphatic rings. The first-order valence-corrected chi connectivity index (χ1v) is 5.97. The number of aromatic nitrogens is 3. The van der Waals surface area contributed by atoms with Crippen molar-refractivity contribution in [1.29, 1.82) is 0 Å². The maximum absolute atomic E-state index is 4.44. The maximum atomic E-state index is 4.44. The van der Waals surface area contributed by atoms with E-state index >= 15 is 0 Å². The van der Waals surface area contributed by atoms with E-state index in [1.807, 2.05) is 12.1 Å². The first-order valence-electron chi connectivity index (χ1n) is 5.97. The molecule has 0 radical (unpaired) electrons. The van der Waals surface area contributed by atoms with Crippen molar-refractivity contribution in [3.63, 3.8) is 0 Å².